The van der Waals surface area contributed by atoms with Crippen molar-refractivity contribution in [3.8, 4) is 5.75 Å². The average molecular weight is 329 g/mol. The molecular formula is C20H27NO3. The monoisotopic (exact) mass is 329 g/mol. The zero-order valence-electron chi connectivity index (χ0n) is 15.0. The number of carbonyl (C=O) groups is 1. The lowest BCUT2D eigenvalue weighted by Crippen LogP contribution is -2.30. The summed E-state index contributed by atoms with van der Waals surface area (Å²) in [5.41, 5.74) is 1.10. The number of hydrogen-bond acceptors (Lipinski definition) is 3. The van der Waals surface area contributed by atoms with Crippen LogP contribution >= 0.6 is 0 Å². The van der Waals surface area contributed by atoms with Gasteiger partial charge in [0.05, 0.1) is 13.4 Å². The predicted octanol–water partition coefficient (Wildman–Crippen LogP) is 4.47. The highest BCUT2D eigenvalue weighted by atomic mass is 16.5. The summed E-state index contributed by atoms with van der Waals surface area (Å²) in [6, 6.07) is 11.8. The first kappa shape index (κ1) is 18.1. The van der Waals surface area contributed by atoms with Gasteiger partial charge in [0.1, 0.15) is 11.5 Å². The van der Waals surface area contributed by atoms with Gasteiger partial charge in [-0.2, -0.15) is 0 Å². The molecule has 4 heteroatoms. The van der Waals surface area contributed by atoms with Crippen molar-refractivity contribution in [2.75, 3.05) is 13.7 Å². The van der Waals surface area contributed by atoms with Crippen LogP contribution in [0.1, 0.15) is 44.4 Å². The van der Waals surface area contributed by atoms with E-state index in [1.807, 2.05) is 41.3 Å². The SMILES string of the molecule is COc1ccc(CN(CCC(c2ccco2)C(C)C)C(C)=O)cc1. The van der Waals surface area contributed by atoms with Crippen molar-refractivity contribution in [3.05, 3.63) is 54.0 Å². The molecule has 0 radical (unpaired) electrons. The van der Waals surface area contributed by atoms with Gasteiger partial charge in [-0.15, -0.1) is 0 Å². The Kier molecular flexibility index (Phi) is 6.47. The van der Waals surface area contributed by atoms with Crippen molar-refractivity contribution < 1.29 is 13.9 Å². The number of rotatable bonds is 8. The number of hydrogen-bond donors (Lipinski definition) is 0. The molecule has 1 unspecified atom stereocenters. The Labute approximate surface area is 144 Å². The van der Waals surface area contributed by atoms with E-state index < -0.39 is 0 Å². The molecule has 1 aromatic heterocycles. The molecule has 0 fully saturated rings. The van der Waals surface area contributed by atoms with Crippen LogP contribution in [0.15, 0.2) is 47.1 Å². The minimum atomic E-state index is 0.0905. The van der Waals surface area contributed by atoms with Crippen LogP contribution in [0.3, 0.4) is 0 Å². The predicted molar refractivity (Wildman–Crippen MR) is 95.0 cm³/mol. The molecule has 0 saturated heterocycles. The first-order valence-electron chi connectivity index (χ1n) is 8.43. The van der Waals surface area contributed by atoms with E-state index in [4.69, 9.17) is 9.15 Å². The molecule has 0 bridgehead atoms. The summed E-state index contributed by atoms with van der Waals surface area (Å²) in [7, 11) is 1.65. The van der Waals surface area contributed by atoms with Crippen LogP contribution < -0.4 is 4.74 Å². The normalized spacial score (nSPS) is 12.2. The number of furan rings is 1. The fourth-order valence-electron chi connectivity index (χ4n) is 2.90. The number of amides is 1. The van der Waals surface area contributed by atoms with Gasteiger partial charge >= 0.3 is 0 Å². The maximum atomic E-state index is 12.0. The van der Waals surface area contributed by atoms with E-state index in [1.54, 1.807) is 20.3 Å². The average Bonchev–Trinajstić information content (AvgIpc) is 3.08. The molecule has 0 aliphatic heterocycles. The molecule has 0 aliphatic carbocycles. The molecule has 1 atom stereocenters. The van der Waals surface area contributed by atoms with E-state index >= 15 is 0 Å². The van der Waals surface area contributed by atoms with Gasteiger partial charge in [-0.1, -0.05) is 26.0 Å². The molecule has 1 aromatic carbocycles. The van der Waals surface area contributed by atoms with Crippen LogP contribution in [0.2, 0.25) is 0 Å². The van der Waals surface area contributed by atoms with Gasteiger partial charge in [0.2, 0.25) is 5.91 Å². The lowest BCUT2D eigenvalue weighted by molar-refractivity contribution is -0.129. The molecular weight excluding hydrogens is 302 g/mol. The molecule has 0 aliphatic rings. The van der Waals surface area contributed by atoms with Gasteiger partial charge < -0.3 is 14.1 Å². The molecule has 4 nitrogen and oxygen atoms in total. The lowest BCUT2D eigenvalue weighted by Gasteiger charge is -2.25. The van der Waals surface area contributed by atoms with Crippen LogP contribution in [-0.4, -0.2) is 24.5 Å². The van der Waals surface area contributed by atoms with Crippen molar-refractivity contribution in [2.45, 2.75) is 39.7 Å². The Bertz CT molecular complexity index is 617. The van der Waals surface area contributed by atoms with Crippen molar-refractivity contribution in [1.82, 2.24) is 4.90 Å². The number of nitrogens with zero attached hydrogens (tertiary/aromatic N) is 1. The molecule has 0 spiro atoms. The van der Waals surface area contributed by atoms with Gasteiger partial charge in [-0.05, 0) is 42.2 Å². The van der Waals surface area contributed by atoms with Gasteiger partial charge in [0.15, 0.2) is 0 Å². The van der Waals surface area contributed by atoms with Gasteiger partial charge in [0.25, 0.3) is 0 Å². The van der Waals surface area contributed by atoms with E-state index in [9.17, 15) is 4.79 Å². The minimum Gasteiger partial charge on any atom is -0.497 e. The molecule has 1 amide bonds. The van der Waals surface area contributed by atoms with E-state index in [2.05, 4.69) is 13.8 Å². The van der Waals surface area contributed by atoms with Crippen molar-refractivity contribution in [2.24, 2.45) is 5.92 Å². The van der Waals surface area contributed by atoms with E-state index in [0.29, 0.717) is 24.9 Å². The van der Waals surface area contributed by atoms with Crippen molar-refractivity contribution in [3.63, 3.8) is 0 Å². The Morgan fingerprint density at radius 3 is 2.42 bits per heavy atom. The standard InChI is InChI=1S/C20H27NO3/c1-15(2)19(20-6-5-13-24-20)11-12-21(16(3)22)14-17-7-9-18(23-4)10-8-17/h5-10,13,15,19H,11-12,14H2,1-4H3. The Morgan fingerprint density at radius 2 is 1.92 bits per heavy atom. The van der Waals surface area contributed by atoms with E-state index in [1.165, 1.54) is 0 Å². The number of ether oxygens (including phenoxy) is 1. The van der Waals surface area contributed by atoms with Crippen LogP contribution in [-0.2, 0) is 11.3 Å². The second-order valence-electron chi connectivity index (χ2n) is 6.44. The third-order valence-electron chi connectivity index (χ3n) is 4.40. The highest BCUT2D eigenvalue weighted by molar-refractivity contribution is 5.73. The molecule has 2 aromatic rings. The molecule has 2 rings (SSSR count). The van der Waals surface area contributed by atoms with Gasteiger partial charge in [0, 0.05) is 25.9 Å². The number of carbonyl (C=O) groups excluding carboxylic acids is 1. The van der Waals surface area contributed by atoms with Crippen molar-refractivity contribution >= 4 is 5.91 Å². The second kappa shape index (κ2) is 8.57. The van der Waals surface area contributed by atoms with Crippen LogP contribution in [0, 0.1) is 5.92 Å². The Balaban J connectivity index is 2.00. The molecule has 0 saturated carbocycles. The first-order chi connectivity index (χ1) is 11.5. The third-order valence-corrected chi connectivity index (χ3v) is 4.40. The fourth-order valence-corrected chi connectivity index (χ4v) is 2.90. The number of benzene rings is 1. The summed E-state index contributed by atoms with van der Waals surface area (Å²) in [6.45, 7) is 7.33. The molecule has 0 N–H and O–H groups in total. The highest BCUT2D eigenvalue weighted by Crippen LogP contribution is 2.28. The molecule has 1 heterocycles. The molecule has 24 heavy (non-hydrogen) atoms. The summed E-state index contributed by atoms with van der Waals surface area (Å²) in [5, 5.41) is 0. The van der Waals surface area contributed by atoms with Gasteiger partial charge in [-0.25, -0.2) is 0 Å². The quantitative estimate of drug-likeness (QED) is 0.718. The van der Waals surface area contributed by atoms with Crippen molar-refractivity contribution in [1.29, 1.82) is 0 Å². The van der Waals surface area contributed by atoms with Gasteiger partial charge in [-0.3, -0.25) is 4.79 Å². The zero-order valence-corrected chi connectivity index (χ0v) is 15.0. The summed E-state index contributed by atoms with van der Waals surface area (Å²) < 4.78 is 10.8. The Morgan fingerprint density at radius 1 is 1.21 bits per heavy atom. The number of methoxy groups -OCH3 is 1. The van der Waals surface area contributed by atoms with E-state index in [-0.39, 0.29) is 5.91 Å². The summed E-state index contributed by atoms with van der Waals surface area (Å²) >= 11 is 0. The molecule has 130 valence electrons. The minimum absolute atomic E-state index is 0.0905. The van der Waals surface area contributed by atoms with Crippen LogP contribution in [0.4, 0.5) is 0 Å². The summed E-state index contributed by atoms with van der Waals surface area (Å²) in [6.07, 6.45) is 2.60. The van der Waals surface area contributed by atoms with Crippen LogP contribution in [0.25, 0.3) is 0 Å². The topological polar surface area (TPSA) is 42.7 Å². The maximum absolute atomic E-state index is 12.0. The smallest absolute Gasteiger partial charge is 0.219 e. The zero-order chi connectivity index (χ0) is 17.5. The summed E-state index contributed by atoms with van der Waals surface area (Å²) in [4.78, 5) is 13.9. The summed E-state index contributed by atoms with van der Waals surface area (Å²) in [5.74, 6) is 2.69. The van der Waals surface area contributed by atoms with E-state index in [0.717, 1.165) is 23.5 Å². The highest BCUT2D eigenvalue weighted by Gasteiger charge is 2.20. The van der Waals surface area contributed by atoms with Crippen LogP contribution in [0.5, 0.6) is 5.75 Å². The second-order valence-corrected chi connectivity index (χ2v) is 6.44. The maximum Gasteiger partial charge on any atom is 0.219 e. The Hall–Kier alpha value is -2.23. The lowest BCUT2D eigenvalue weighted by atomic mass is 9.90. The fraction of sp³-hybridized carbons (Fsp3) is 0.450. The third kappa shape index (κ3) is 4.88. The largest absolute Gasteiger partial charge is 0.497 e. The first-order valence-corrected chi connectivity index (χ1v) is 8.43.